The summed E-state index contributed by atoms with van der Waals surface area (Å²) in [7, 11) is 1.53. The fourth-order valence-corrected chi connectivity index (χ4v) is 5.42. The van der Waals surface area contributed by atoms with Gasteiger partial charge in [0.2, 0.25) is 0 Å². The Labute approximate surface area is 220 Å². The highest BCUT2D eigenvalue weighted by Crippen LogP contribution is 2.34. The molecule has 8 heteroatoms. The van der Waals surface area contributed by atoms with Crippen LogP contribution in [-0.2, 0) is 31.9 Å². The van der Waals surface area contributed by atoms with Crippen molar-refractivity contribution in [3.8, 4) is 11.5 Å². The summed E-state index contributed by atoms with van der Waals surface area (Å²) >= 11 is 0. The van der Waals surface area contributed by atoms with E-state index in [0.29, 0.717) is 49.7 Å². The number of carbonyl (C=O) groups excluding carboxylic acids is 2. The summed E-state index contributed by atoms with van der Waals surface area (Å²) in [6.45, 7) is 3.48. The molecule has 0 aromatic heterocycles. The van der Waals surface area contributed by atoms with Gasteiger partial charge in [-0.25, -0.2) is 0 Å². The zero-order chi connectivity index (χ0) is 26.8. The zero-order valence-electron chi connectivity index (χ0n) is 22.4. The molecule has 1 aromatic rings. The van der Waals surface area contributed by atoms with E-state index in [1.165, 1.54) is 40.2 Å². The Hall–Kier alpha value is -3.16. The molecule has 0 amide bonds. The van der Waals surface area contributed by atoms with E-state index < -0.39 is 0 Å². The predicted molar refractivity (Wildman–Crippen MR) is 142 cm³/mol. The Kier molecular flexibility index (Phi) is 10.7. The number of dihydropyridines is 1. The molecular weight excluding hydrogens is 472 g/mol. The van der Waals surface area contributed by atoms with E-state index in [9.17, 15) is 14.7 Å². The van der Waals surface area contributed by atoms with Gasteiger partial charge in [0.25, 0.3) is 0 Å². The van der Waals surface area contributed by atoms with E-state index >= 15 is 0 Å². The number of hydrogen-bond donors (Lipinski definition) is 3. The first kappa shape index (κ1) is 28.4. The third-order valence-corrected chi connectivity index (χ3v) is 7.11. The summed E-state index contributed by atoms with van der Waals surface area (Å²) in [6.07, 6.45) is 12.2. The molecule has 4 N–H and O–H groups in total. The molecule has 1 fully saturated rings. The quantitative estimate of drug-likeness (QED) is 0.351. The Morgan fingerprint density at radius 1 is 1.11 bits per heavy atom. The Morgan fingerprint density at radius 3 is 2.46 bits per heavy atom. The van der Waals surface area contributed by atoms with E-state index in [1.54, 1.807) is 0 Å². The van der Waals surface area contributed by atoms with Gasteiger partial charge in [0, 0.05) is 38.8 Å². The van der Waals surface area contributed by atoms with Crippen molar-refractivity contribution in [2.24, 2.45) is 11.7 Å². The average Bonchev–Trinajstić information content (AvgIpc) is 2.84. The van der Waals surface area contributed by atoms with Crippen LogP contribution in [0.1, 0.15) is 76.3 Å². The minimum atomic E-state index is -0.386. The number of ether oxygens (including phenoxy) is 3. The van der Waals surface area contributed by atoms with Crippen molar-refractivity contribution < 1.29 is 28.9 Å². The van der Waals surface area contributed by atoms with Gasteiger partial charge in [-0.1, -0.05) is 44.2 Å². The summed E-state index contributed by atoms with van der Waals surface area (Å²) < 4.78 is 16.8. The van der Waals surface area contributed by atoms with Crippen LogP contribution in [0, 0.1) is 5.92 Å². The SMILES string of the molecule is COc1cc(CCC(CC(CC2CCCCC2)OC(C)=O)OC(C)=O)cc(CC2=CCNC(N)=C2)c1O. The maximum atomic E-state index is 11.9. The number of esters is 2. The Morgan fingerprint density at radius 2 is 1.81 bits per heavy atom. The number of hydrogen-bond acceptors (Lipinski definition) is 8. The first-order valence-corrected chi connectivity index (χ1v) is 13.4. The van der Waals surface area contributed by atoms with E-state index in [2.05, 4.69) is 5.32 Å². The molecule has 8 nitrogen and oxygen atoms in total. The highest BCUT2D eigenvalue weighted by atomic mass is 16.6. The highest BCUT2D eigenvalue weighted by Gasteiger charge is 2.26. The van der Waals surface area contributed by atoms with Gasteiger partial charge in [-0.3, -0.25) is 9.59 Å². The van der Waals surface area contributed by atoms with Crippen LogP contribution in [0.3, 0.4) is 0 Å². The van der Waals surface area contributed by atoms with E-state index in [4.69, 9.17) is 19.9 Å². The van der Waals surface area contributed by atoms with Crippen LogP contribution >= 0.6 is 0 Å². The van der Waals surface area contributed by atoms with Crippen molar-refractivity contribution in [3.05, 3.63) is 46.8 Å². The molecule has 2 atom stereocenters. The first-order chi connectivity index (χ1) is 17.7. The smallest absolute Gasteiger partial charge is 0.302 e. The molecular formula is C29H42N2O6. The third-order valence-electron chi connectivity index (χ3n) is 7.11. The monoisotopic (exact) mass is 514 g/mol. The van der Waals surface area contributed by atoms with Gasteiger partial charge in [0.05, 0.1) is 12.9 Å². The maximum absolute atomic E-state index is 11.9. The number of carbonyl (C=O) groups is 2. The molecule has 2 aliphatic rings. The number of allylic oxidation sites excluding steroid dienone is 2. The summed E-state index contributed by atoms with van der Waals surface area (Å²) in [5, 5.41) is 13.8. The summed E-state index contributed by atoms with van der Waals surface area (Å²) in [6, 6.07) is 3.78. The molecule has 0 saturated heterocycles. The molecule has 1 aliphatic heterocycles. The van der Waals surface area contributed by atoms with Crippen molar-refractivity contribution in [1.29, 1.82) is 0 Å². The third kappa shape index (κ3) is 9.34. The van der Waals surface area contributed by atoms with Gasteiger partial charge in [0.15, 0.2) is 11.5 Å². The molecule has 1 aliphatic carbocycles. The zero-order valence-corrected chi connectivity index (χ0v) is 22.4. The Balaban J connectivity index is 1.72. The summed E-state index contributed by atoms with van der Waals surface area (Å²) in [5.74, 6) is 0.981. The largest absolute Gasteiger partial charge is 0.504 e. The first-order valence-electron chi connectivity index (χ1n) is 13.4. The van der Waals surface area contributed by atoms with Crippen molar-refractivity contribution >= 4 is 11.9 Å². The van der Waals surface area contributed by atoms with Crippen molar-refractivity contribution in [3.63, 3.8) is 0 Å². The molecule has 3 rings (SSSR count). The number of benzene rings is 1. The summed E-state index contributed by atoms with van der Waals surface area (Å²) in [5.41, 5.74) is 8.62. The molecule has 2 unspecified atom stereocenters. The fourth-order valence-electron chi connectivity index (χ4n) is 5.42. The number of aryl methyl sites for hydroxylation is 1. The second-order valence-corrected chi connectivity index (χ2v) is 10.2. The predicted octanol–water partition coefficient (Wildman–Crippen LogP) is 4.43. The number of nitrogens with two attached hydrogens (primary N) is 1. The van der Waals surface area contributed by atoms with Gasteiger partial charge in [-0.15, -0.1) is 0 Å². The topological polar surface area (TPSA) is 120 Å². The average molecular weight is 515 g/mol. The number of phenols is 1. The van der Waals surface area contributed by atoms with Crippen molar-refractivity contribution in [2.45, 2.75) is 90.3 Å². The number of nitrogens with one attached hydrogen (secondary N) is 1. The van der Waals surface area contributed by atoms with Crippen LogP contribution < -0.4 is 15.8 Å². The minimum Gasteiger partial charge on any atom is -0.504 e. The molecule has 0 radical (unpaired) electrons. The molecule has 1 heterocycles. The summed E-state index contributed by atoms with van der Waals surface area (Å²) in [4.78, 5) is 23.7. The molecule has 0 spiro atoms. The van der Waals surface area contributed by atoms with E-state index in [-0.39, 0.29) is 29.9 Å². The highest BCUT2D eigenvalue weighted by molar-refractivity contribution is 5.66. The number of rotatable bonds is 12. The second-order valence-electron chi connectivity index (χ2n) is 10.2. The lowest BCUT2D eigenvalue weighted by Gasteiger charge is -2.28. The van der Waals surface area contributed by atoms with Gasteiger partial charge in [0.1, 0.15) is 12.2 Å². The lowest BCUT2D eigenvalue weighted by atomic mass is 9.84. The number of methoxy groups -OCH3 is 1. The standard InChI is InChI=1S/C29H42N2O6/c1-19(32)36-25(18-26(37-20(2)33)15-21-7-5-4-6-8-21)10-9-22-13-24(29(34)27(16-22)35-3)14-23-11-12-31-28(30)17-23/h11,13,16-17,21,25-26,31,34H,4-10,12,14-15,18,30H2,1-3H3. The molecule has 1 aromatic carbocycles. The lowest BCUT2D eigenvalue weighted by molar-refractivity contribution is -0.153. The molecule has 0 bridgehead atoms. The maximum Gasteiger partial charge on any atom is 0.302 e. The molecule has 37 heavy (non-hydrogen) atoms. The number of aromatic hydroxyl groups is 1. The van der Waals surface area contributed by atoms with Crippen LogP contribution in [0.25, 0.3) is 0 Å². The van der Waals surface area contributed by atoms with Crippen LogP contribution in [0.4, 0.5) is 0 Å². The van der Waals surface area contributed by atoms with Gasteiger partial charge in [-0.05, 0) is 48.5 Å². The van der Waals surface area contributed by atoms with Crippen LogP contribution in [0.5, 0.6) is 11.5 Å². The lowest BCUT2D eigenvalue weighted by Crippen LogP contribution is -2.29. The van der Waals surface area contributed by atoms with E-state index in [0.717, 1.165) is 36.0 Å². The molecule has 204 valence electrons. The normalized spacial score (nSPS) is 17.6. The van der Waals surface area contributed by atoms with Crippen molar-refractivity contribution in [2.75, 3.05) is 13.7 Å². The Bertz CT molecular complexity index is 996. The molecule has 1 saturated carbocycles. The van der Waals surface area contributed by atoms with Crippen LogP contribution in [-0.4, -0.2) is 42.9 Å². The van der Waals surface area contributed by atoms with E-state index in [1.807, 2.05) is 24.3 Å². The van der Waals surface area contributed by atoms with Gasteiger partial charge >= 0.3 is 11.9 Å². The number of phenolic OH excluding ortho intramolecular Hbond substituents is 1. The minimum absolute atomic E-state index is 0.108. The van der Waals surface area contributed by atoms with Crippen LogP contribution in [0.2, 0.25) is 0 Å². The van der Waals surface area contributed by atoms with Crippen LogP contribution in [0.15, 0.2) is 35.7 Å². The second kappa shape index (κ2) is 14.0. The fraction of sp³-hybridized carbons (Fsp3) is 0.586. The van der Waals surface area contributed by atoms with Gasteiger partial charge < -0.3 is 30.4 Å². The van der Waals surface area contributed by atoms with Gasteiger partial charge in [-0.2, -0.15) is 0 Å². The van der Waals surface area contributed by atoms with Crippen molar-refractivity contribution in [1.82, 2.24) is 5.32 Å².